The summed E-state index contributed by atoms with van der Waals surface area (Å²) in [7, 11) is 0. The summed E-state index contributed by atoms with van der Waals surface area (Å²) in [6.07, 6.45) is 3.62. The Bertz CT molecular complexity index is 606. The Balaban J connectivity index is 2.36. The first-order chi connectivity index (χ1) is 8.63. The Labute approximate surface area is 106 Å². The van der Waals surface area contributed by atoms with Gasteiger partial charge in [-0.25, -0.2) is 4.98 Å². The molecule has 0 spiro atoms. The molecule has 0 bridgehead atoms. The van der Waals surface area contributed by atoms with E-state index in [1.165, 1.54) is 0 Å². The van der Waals surface area contributed by atoms with Crippen molar-refractivity contribution in [1.82, 2.24) is 14.8 Å². The zero-order valence-electron chi connectivity index (χ0n) is 10.7. The number of pyridine rings is 1. The van der Waals surface area contributed by atoms with Gasteiger partial charge in [-0.15, -0.1) is 0 Å². The summed E-state index contributed by atoms with van der Waals surface area (Å²) in [6, 6.07) is 4.08. The average molecular weight is 241 g/mol. The molecule has 0 saturated heterocycles. The molecule has 5 nitrogen and oxygen atoms in total. The Hall–Kier alpha value is -2.35. The summed E-state index contributed by atoms with van der Waals surface area (Å²) in [5.74, 6) is 0.589. The monoisotopic (exact) mass is 241 g/mol. The molecule has 2 aromatic heterocycles. The molecule has 0 aliphatic heterocycles. The van der Waals surface area contributed by atoms with Gasteiger partial charge < -0.3 is 5.32 Å². The first kappa shape index (κ1) is 12.1. The Morgan fingerprint density at radius 3 is 2.83 bits per heavy atom. The van der Waals surface area contributed by atoms with Gasteiger partial charge in [-0.05, 0) is 32.4 Å². The number of aryl methyl sites for hydroxylation is 3. The van der Waals surface area contributed by atoms with E-state index >= 15 is 0 Å². The Morgan fingerprint density at radius 1 is 1.44 bits per heavy atom. The lowest BCUT2D eigenvalue weighted by atomic mass is 10.1. The summed E-state index contributed by atoms with van der Waals surface area (Å²) in [4.78, 5) is 4.36. The van der Waals surface area contributed by atoms with Crippen LogP contribution in [0.2, 0.25) is 0 Å². The highest BCUT2D eigenvalue weighted by Crippen LogP contribution is 2.21. The summed E-state index contributed by atoms with van der Waals surface area (Å²) >= 11 is 0. The van der Waals surface area contributed by atoms with Crippen molar-refractivity contribution in [2.24, 2.45) is 0 Å². The van der Waals surface area contributed by atoms with Gasteiger partial charge in [0.2, 0.25) is 0 Å². The SMILES string of the molecule is CCn1cc(Nc2nc(C)cc(C)c2C#N)cn1. The minimum Gasteiger partial charge on any atom is -0.337 e. The zero-order valence-corrected chi connectivity index (χ0v) is 10.7. The molecular weight excluding hydrogens is 226 g/mol. The van der Waals surface area contributed by atoms with Gasteiger partial charge in [-0.2, -0.15) is 10.4 Å². The highest BCUT2D eigenvalue weighted by atomic mass is 15.3. The first-order valence-electron chi connectivity index (χ1n) is 5.82. The van der Waals surface area contributed by atoms with Gasteiger partial charge in [-0.3, -0.25) is 4.68 Å². The molecule has 0 atom stereocenters. The van der Waals surface area contributed by atoms with Crippen LogP contribution in [0.15, 0.2) is 18.5 Å². The van der Waals surface area contributed by atoms with Crippen LogP contribution in [0.1, 0.15) is 23.7 Å². The van der Waals surface area contributed by atoms with E-state index < -0.39 is 0 Å². The molecule has 2 rings (SSSR count). The third kappa shape index (κ3) is 2.33. The molecule has 0 aromatic carbocycles. The fourth-order valence-electron chi connectivity index (χ4n) is 1.81. The van der Waals surface area contributed by atoms with Crippen LogP contribution < -0.4 is 5.32 Å². The lowest BCUT2D eigenvalue weighted by Crippen LogP contribution is -2.00. The van der Waals surface area contributed by atoms with E-state index in [1.54, 1.807) is 6.20 Å². The molecule has 0 amide bonds. The zero-order chi connectivity index (χ0) is 13.1. The van der Waals surface area contributed by atoms with E-state index in [0.717, 1.165) is 23.5 Å². The third-order valence-corrected chi connectivity index (χ3v) is 2.68. The van der Waals surface area contributed by atoms with Crippen molar-refractivity contribution in [1.29, 1.82) is 5.26 Å². The number of nitrogens with zero attached hydrogens (tertiary/aromatic N) is 4. The van der Waals surface area contributed by atoms with E-state index in [2.05, 4.69) is 21.5 Å². The van der Waals surface area contributed by atoms with E-state index in [9.17, 15) is 0 Å². The molecule has 2 heterocycles. The maximum Gasteiger partial charge on any atom is 0.148 e. The van der Waals surface area contributed by atoms with Gasteiger partial charge in [0.1, 0.15) is 11.9 Å². The third-order valence-electron chi connectivity index (χ3n) is 2.68. The van der Waals surface area contributed by atoms with Crippen LogP contribution in [0.5, 0.6) is 0 Å². The quantitative estimate of drug-likeness (QED) is 0.896. The van der Waals surface area contributed by atoms with E-state index in [0.29, 0.717) is 11.4 Å². The summed E-state index contributed by atoms with van der Waals surface area (Å²) in [6.45, 7) is 6.66. The molecule has 18 heavy (non-hydrogen) atoms. The van der Waals surface area contributed by atoms with Crippen LogP contribution in [0.25, 0.3) is 0 Å². The predicted octanol–water partition coefficient (Wildman–Crippen LogP) is 2.53. The van der Waals surface area contributed by atoms with Gasteiger partial charge in [-0.1, -0.05) is 0 Å². The number of nitrogens with one attached hydrogen (secondary N) is 1. The second-order valence-corrected chi connectivity index (χ2v) is 4.13. The highest BCUT2D eigenvalue weighted by molar-refractivity contribution is 5.63. The topological polar surface area (TPSA) is 66.5 Å². The summed E-state index contributed by atoms with van der Waals surface area (Å²) in [5, 5.41) is 16.5. The van der Waals surface area contributed by atoms with Gasteiger partial charge in [0, 0.05) is 18.4 Å². The van der Waals surface area contributed by atoms with Gasteiger partial charge in [0.25, 0.3) is 0 Å². The molecule has 5 heteroatoms. The molecule has 92 valence electrons. The van der Waals surface area contributed by atoms with Crippen molar-refractivity contribution in [2.45, 2.75) is 27.3 Å². The molecule has 2 aromatic rings. The largest absolute Gasteiger partial charge is 0.337 e. The predicted molar refractivity (Wildman–Crippen MR) is 69.6 cm³/mol. The van der Waals surface area contributed by atoms with Crippen molar-refractivity contribution in [3.8, 4) is 6.07 Å². The smallest absolute Gasteiger partial charge is 0.148 e. The van der Waals surface area contributed by atoms with Crippen molar-refractivity contribution < 1.29 is 0 Å². The van der Waals surface area contributed by atoms with Crippen LogP contribution in [0, 0.1) is 25.2 Å². The number of rotatable bonds is 3. The van der Waals surface area contributed by atoms with Gasteiger partial charge >= 0.3 is 0 Å². The molecule has 1 N–H and O–H groups in total. The van der Waals surface area contributed by atoms with Gasteiger partial charge in [0.15, 0.2) is 0 Å². The van der Waals surface area contributed by atoms with Crippen molar-refractivity contribution in [2.75, 3.05) is 5.32 Å². The maximum absolute atomic E-state index is 9.17. The number of nitriles is 1. The Kier molecular flexibility index (Phi) is 3.28. The fourth-order valence-corrected chi connectivity index (χ4v) is 1.81. The molecule has 0 unspecified atom stereocenters. The maximum atomic E-state index is 9.17. The van der Waals surface area contributed by atoms with Crippen molar-refractivity contribution >= 4 is 11.5 Å². The van der Waals surface area contributed by atoms with Crippen molar-refractivity contribution in [3.63, 3.8) is 0 Å². The van der Waals surface area contributed by atoms with E-state index in [1.807, 2.05) is 37.7 Å². The molecule has 0 fully saturated rings. The molecule has 0 saturated carbocycles. The molecular formula is C13H15N5. The van der Waals surface area contributed by atoms with Crippen LogP contribution in [-0.4, -0.2) is 14.8 Å². The fraction of sp³-hybridized carbons (Fsp3) is 0.308. The van der Waals surface area contributed by atoms with E-state index in [-0.39, 0.29) is 0 Å². The Morgan fingerprint density at radius 2 is 2.22 bits per heavy atom. The standard InChI is InChI=1S/C13H15N5/c1-4-18-8-11(7-15-18)17-13-12(6-14)9(2)5-10(3)16-13/h5,7-8H,4H2,1-3H3,(H,16,17). The average Bonchev–Trinajstić information content (AvgIpc) is 2.76. The molecule has 0 aliphatic carbocycles. The van der Waals surface area contributed by atoms with Crippen LogP contribution in [-0.2, 0) is 6.54 Å². The van der Waals surface area contributed by atoms with E-state index in [4.69, 9.17) is 5.26 Å². The molecule has 0 aliphatic rings. The lowest BCUT2D eigenvalue weighted by Gasteiger charge is -2.08. The van der Waals surface area contributed by atoms with Crippen molar-refractivity contribution in [3.05, 3.63) is 35.3 Å². The van der Waals surface area contributed by atoms with Crippen LogP contribution in [0.3, 0.4) is 0 Å². The normalized spacial score (nSPS) is 10.1. The second kappa shape index (κ2) is 4.88. The van der Waals surface area contributed by atoms with Gasteiger partial charge in [0.05, 0.1) is 17.4 Å². The first-order valence-corrected chi connectivity index (χ1v) is 5.82. The minimum absolute atomic E-state index is 0.574. The van der Waals surface area contributed by atoms with Crippen LogP contribution >= 0.6 is 0 Å². The lowest BCUT2D eigenvalue weighted by molar-refractivity contribution is 0.660. The highest BCUT2D eigenvalue weighted by Gasteiger charge is 2.09. The summed E-state index contributed by atoms with van der Waals surface area (Å²) in [5.41, 5.74) is 3.22. The summed E-state index contributed by atoms with van der Waals surface area (Å²) < 4.78 is 1.82. The number of hydrogen-bond acceptors (Lipinski definition) is 4. The molecule has 0 radical (unpaired) electrons. The van der Waals surface area contributed by atoms with Crippen LogP contribution in [0.4, 0.5) is 11.5 Å². The number of aromatic nitrogens is 3. The second-order valence-electron chi connectivity index (χ2n) is 4.13. The minimum atomic E-state index is 0.574. The number of hydrogen-bond donors (Lipinski definition) is 1. The number of anilines is 2.